The minimum absolute atomic E-state index is 0.183. The summed E-state index contributed by atoms with van der Waals surface area (Å²) in [6.07, 6.45) is 1.52. The molecule has 3 heterocycles. The molecule has 2 aliphatic rings. The van der Waals surface area contributed by atoms with E-state index in [1.165, 1.54) is 6.33 Å². The minimum Gasteiger partial charge on any atom is -0.493 e. The third kappa shape index (κ3) is 6.35. The average Bonchev–Trinajstić information content (AvgIpc) is 2.97. The first-order valence-electron chi connectivity index (χ1n) is 13.0. The molecule has 40 heavy (non-hydrogen) atoms. The quantitative estimate of drug-likeness (QED) is 0.452. The summed E-state index contributed by atoms with van der Waals surface area (Å²) < 4.78 is 34.9. The zero-order valence-corrected chi connectivity index (χ0v) is 23.1. The van der Waals surface area contributed by atoms with Crippen LogP contribution in [0.25, 0.3) is 10.9 Å². The molecule has 13 heteroatoms. The number of urea groups is 1. The lowest BCUT2D eigenvalue weighted by molar-refractivity contribution is 0.208. The van der Waals surface area contributed by atoms with Crippen molar-refractivity contribution in [1.82, 2.24) is 19.8 Å². The molecule has 210 valence electrons. The summed E-state index contributed by atoms with van der Waals surface area (Å²) in [6.45, 7) is 4.27. The van der Waals surface area contributed by atoms with Gasteiger partial charge in [0.15, 0.2) is 21.3 Å². The first-order chi connectivity index (χ1) is 19.3. The molecule has 2 fully saturated rings. The first-order valence-corrected chi connectivity index (χ1v) is 14.9. The fourth-order valence-electron chi connectivity index (χ4n) is 4.79. The molecular weight excluding hydrogens is 534 g/mol. The largest absolute Gasteiger partial charge is 0.493 e. The van der Waals surface area contributed by atoms with Crippen molar-refractivity contribution in [3.8, 4) is 17.6 Å². The van der Waals surface area contributed by atoms with Crippen molar-refractivity contribution >= 4 is 38.3 Å². The van der Waals surface area contributed by atoms with Crippen LogP contribution in [0.4, 0.5) is 16.3 Å². The summed E-state index contributed by atoms with van der Waals surface area (Å²) in [5.74, 6) is 2.25. The van der Waals surface area contributed by atoms with E-state index in [0.717, 1.165) is 11.2 Å². The molecule has 3 aromatic rings. The van der Waals surface area contributed by atoms with Crippen molar-refractivity contribution in [2.75, 3.05) is 81.3 Å². The number of piperazine rings is 1. The van der Waals surface area contributed by atoms with E-state index >= 15 is 0 Å². The van der Waals surface area contributed by atoms with Crippen LogP contribution in [0, 0.1) is 11.3 Å². The molecule has 0 atom stereocenters. The molecule has 2 amide bonds. The van der Waals surface area contributed by atoms with E-state index in [1.807, 2.05) is 12.1 Å². The number of ether oxygens (including phenoxy) is 2. The smallest absolute Gasteiger partial charge is 0.321 e. The number of amides is 2. The Morgan fingerprint density at radius 2 is 1.75 bits per heavy atom. The molecule has 0 spiro atoms. The van der Waals surface area contributed by atoms with Gasteiger partial charge in [-0.15, -0.1) is 0 Å². The number of hydrogen-bond donors (Lipinski definition) is 1. The van der Waals surface area contributed by atoms with Gasteiger partial charge in [-0.25, -0.2) is 23.2 Å². The van der Waals surface area contributed by atoms with E-state index in [2.05, 4.69) is 31.2 Å². The van der Waals surface area contributed by atoms with Crippen LogP contribution >= 0.6 is 0 Å². The van der Waals surface area contributed by atoms with E-state index in [9.17, 15) is 13.2 Å². The lowest BCUT2D eigenvalue weighted by Crippen LogP contribution is -2.50. The number of anilines is 2. The van der Waals surface area contributed by atoms with E-state index in [0.29, 0.717) is 80.7 Å². The lowest BCUT2D eigenvalue weighted by Gasteiger charge is -2.35. The van der Waals surface area contributed by atoms with Gasteiger partial charge in [0.25, 0.3) is 0 Å². The van der Waals surface area contributed by atoms with E-state index < -0.39 is 9.84 Å². The van der Waals surface area contributed by atoms with Crippen LogP contribution in [-0.2, 0) is 9.84 Å². The average molecular weight is 566 g/mol. The summed E-state index contributed by atoms with van der Waals surface area (Å²) in [5, 5.41) is 12.7. The van der Waals surface area contributed by atoms with Crippen LogP contribution in [0.5, 0.6) is 11.5 Å². The Hall–Kier alpha value is -4.15. The maximum absolute atomic E-state index is 12.8. The SMILES string of the molecule is COc1cc2c(N3CCN(C(=O)Nc4ccc(C#N)cc4)CC3)ncnc2cc1OCCN1CCS(=O)(=O)CC1. The number of rotatable bonds is 7. The fraction of sp³-hybridized carbons (Fsp3) is 0.407. The maximum atomic E-state index is 12.8. The molecule has 12 nitrogen and oxygen atoms in total. The van der Waals surface area contributed by atoms with Gasteiger partial charge in [0.1, 0.15) is 18.8 Å². The predicted octanol–water partition coefficient (Wildman–Crippen LogP) is 1.97. The van der Waals surface area contributed by atoms with Gasteiger partial charge >= 0.3 is 6.03 Å². The number of methoxy groups -OCH3 is 1. The van der Waals surface area contributed by atoms with Crippen LogP contribution in [0.15, 0.2) is 42.7 Å². The zero-order valence-electron chi connectivity index (χ0n) is 22.2. The molecule has 0 aliphatic carbocycles. The third-order valence-corrected chi connectivity index (χ3v) is 8.74. The second-order valence-corrected chi connectivity index (χ2v) is 12.0. The minimum atomic E-state index is -2.92. The monoisotopic (exact) mass is 565 g/mol. The third-order valence-electron chi connectivity index (χ3n) is 7.13. The van der Waals surface area contributed by atoms with Gasteiger partial charge in [-0.2, -0.15) is 5.26 Å². The van der Waals surface area contributed by atoms with Crippen molar-refractivity contribution in [2.24, 2.45) is 0 Å². The number of carbonyl (C=O) groups is 1. The first kappa shape index (κ1) is 27.4. The van der Waals surface area contributed by atoms with Crippen LogP contribution in [0.3, 0.4) is 0 Å². The normalized spacial score (nSPS) is 17.3. The van der Waals surface area contributed by atoms with Gasteiger partial charge in [0.05, 0.1) is 35.8 Å². The molecular formula is C27H31N7O5S. The van der Waals surface area contributed by atoms with Gasteiger partial charge < -0.3 is 24.6 Å². The molecule has 5 rings (SSSR count). The predicted molar refractivity (Wildman–Crippen MR) is 151 cm³/mol. The summed E-state index contributed by atoms with van der Waals surface area (Å²) in [6, 6.07) is 12.3. The Kier molecular flexibility index (Phi) is 8.18. The second kappa shape index (κ2) is 11.9. The Bertz CT molecular complexity index is 1500. The Morgan fingerprint density at radius 3 is 2.42 bits per heavy atom. The number of aromatic nitrogens is 2. The van der Waals surface area contributed by atoms with Crippen LogP contribution in [-0.4, -0.2) is 105 Å². The number of sulfone groups is 1. The number of carbonyl (C=O) groups excluding carboxylic acids is 1. The van der Waals surface area contributed by atoms with Gasteiger partial charge in [0, 0.05) is 63.0 Å². The molecule has 0 bridgehead atoms. The topological polar surface area (TPSA) is 141 Å². The van der Waals surface area contributed by atoms with Crippen molar-refractivity contribution in [3.63, 3.8) is 0 Å². The highest BCUT2D eigenvalue weighted by Gasteiger charge is 2.25. The molecule has 1 N–H and O–H groups in total. The molecule has 0 radical (unpaired) electrons. The van der Waals surface area contributed by atoms with Crippen LogP contribution < -0.4 is 19.7 Å². The Morgan fingerprint density at radius 1 is 1.02 bits per heavy atom. The summed E-state index contributed by atoms with van der Waals surface area (Å²) in [4.78, 5) is 27.7. The van der Waals surface area contributed by atoms with Gasteiger partial charge in [0.2, 0.25) is 0 Å². The lowest BCUT2D eigenvalue weighted by atomic mass is 10.2. The number of hydrogen-bond acceptors (Lipinski definition) is 10. The molecule has 1 aromatic heterocycles. The van der Waals surface area contributed by atoms with Crippen LogP contribution in [0.1, 0.15) is 5.56 Å². The maximum Gasteiger partial charge on any atom is 0.321 e. The van der Waals surface area contributed by atoms with Gasteiger partial charge in [-0.1, -0.05) is 0 Å². The molecule has 0 saturated carbocycles. The Balaban J connectivity index is 1.21. The number of fused-ring (bicyclic) bond motifs is 1. The zero-order chi connectivity index (χ0) is 28.1. The number of benzene rings is 2. The van der Waals surface area contributed by atoms with E-state index in [1.54, 1.807) is 36.3 Å². The molecule has 2 saturated heterocycles. The fourth-order valence-corrected chi connectivity index (χ4v) is 6.06. The van der Waals surface area contributed by atoms with Crippen LogP contribution in [0.2, 0.25) is 0 Å². The molecule has 2 aromatic carbocycles. The standard InChI is InChI=1S/C27H31N7O5S/c1-38-24-16-22-23(17-25(24)39-13-10-32-11-14-40(36,37)15-12-32)29-19-30-26(22)33-6-8-34(9-7-33)27(35)31-21-4-2-20(18-28)3-5-21/h2-5,16-17,19H,6-15H2,1H3,(H,31,35). The summed E-state index contributed by atoms with van der Waals surface area (Å²) in [5.41, 5.74) is 1.89. The number of nitrogens with one attached hydrogen (secondary N) is 1. The van der Waals surface area contributed by atoms with E-state index in [4.69, 9.17) is 14.7 Å². The highest BCUT2D eigenvalue weighted by Crippen LogP contribution is 2.35. The summed E-state index contributed by atoms with van der Waals surface area (Å²) in [7, 11) is -1.33. The second-order valence-electron chi connectivity index (χ2n) is 9.65. The van der Waals surface area contributed by atoms with Crippen molar-refractivity contribution in [2.45, 2.75) is 0 Å². The van der Waals surface area contributed by atoms with E-state index in [-0.39, 0.29) is 17.5 Å². The van der Waals surface area contributed by atoms with Crippen molar-refractivity contribution in [1.29, 1.82) is 5.26 Å². The highest BCUT2D eigenvalue weighted by molar-refractivity contribution is 7.91. The van der Waals surface area contributed by atoms with Crippen molar-refractivity contribution < 1.29 is 22.7 Å². The van der Waals surface area contributed by atoms with Gasteiger partial charge in [-0.3, -0.25) is 4.90 Å². The number of nitriles is 1. The summed E-state index contributed by atoms with van der Waals surface area (Å²) >= 11 is 0. The van der Waals surface area contributed by atoms with Crippen molar-refractivity contribution in [3.05, 3.63) is 48.3 Å². The highest BCUT2D eigenvalue weighted by atomic mass is 32.2. The molecule has 0 unspecified atom stereocenters. The molecule has 2 aliphatic heterocycles. The van der Waals surface area contributed by atoms with Gasteiger partial charge in [-0.05, 0) is 30.3 Å². The Labute approximate surface area is 233 Å². The number of nitrogens with zero attached hydrogens (tertiary/aromatic N) is 6.